The molecule has 0 saturated heterocycles. The highest BCUT2D eigenvalue weighted by molar-refractivity contribution is 7.90. The molecular formula is C6H12O4S. The molecule has 0 rings (SSSR count). The minimum absolute atomic E-state index is 0.0257. The van der Waals surface area contributed by atoms with Gasteiger partial charge in [-0.25, -0.2) is 8.42 Å². The molecule has 11 heavy (non-hydrogen) atoms. The summed E-state index contributed by atoms with van der Waals surface area (Å²) in [4.78, 5) is 9.86. The second-order valence-electron chi connectivity index (χ2n) is 2.48. The van der Waals surface area contributed by atoms with Crippen molar-refractivity contribution < 1.29 is 18.3 Å². The molecule has 0 amide bonds. The molecule has 5 heteroatoms. The Morgan fingerprint density at radius 1 is 1.55 bits per heavy atom. The lowest BCUT2D eigenvalue weighted by Gasteiger charge is -2.00. The molecule has 0 saturated carbocycles. The summed E-state index contributed by atoms with van der Waals surface area (Å²) in [5.74, 6) is 0.0257. The third kappa shape index (κ3) is 7.48. The Morgan fingerprint density at radius 3 is 2.45 bits per heavy atom. The van der Waals surface area contributed by atoms with E-state index in [9.17, 15) is 13.2 Å². The second-order valence-corrected chi connectivity index (χ2v) is 4.74. The van der Waals surface area contributed by atoms with Crippen molar-refractivity contribution in [1.82, 2.24) is 0 Å². The molecule has 4 nitrogen and oxygen atoms in total. The van der Waals surface area contributed by atoms with E-state index in [-0.39, 0.29) is 12.2 Å². The van der Waals surface area contributed by atoms with Crippen LogP contribution >= 0.6 is 0 Å². The van der Waals surface area contributed by atoms with E-state index in [0.29, 0.717) is 12.7 Å². The van der Waals surface area contributed by atoms with Crippen LogP contribution in [0.2, 0.25) is 0 Å². The molecule has 1 atom stereocenters. The molecule has 66 valence electrons. The standard InChI is InChI=1S/C6H12O4S/c1-11(9,10)4-2-3-6(8)5-7/h5-6,8H,2-4H2,1H3. The Bertz CT molecular complexity index is 207. The largest absolute Gasteiger partial charge is 0.386 e. The predicted molar refractivity (Wildman–Crippen MR) is 41.0 cm³/mol. The van der Waals surface area contributed by atoms with Crippen LogP contribution in [0, 0.1) is 0 Å². The van der Waals surface area contributed by atoms with Crippen LogP contribution in [0.1, 0.15) is 12.8 Å². The number of aliphatic hydroxyl groups excluding tert-OH is 1. The number of aldehydes is 1. The van der Waals surface area contributed by atoms with Crippen LogP contribution in [0.25, 0.3) is 0 Å². The van der Waals surface area contributed by atoms with E-state index in [1.54, 1.807) is 0 Å². The van der Waals surface area contributed by atoms with Crippen molar-refractivity contribution in [3.8, 4) is 0 Å². The first-order valence-electron chi connectivity index (χ1n) is 3.27. The molecule has 1 unspecified atom stereocenters. The van der Waals surface area contributed by atoms with E-state index in [4.69, 9.17) is 5.11 Å². The molecule has 0 heterocycles. The summed E-state index contributed by atoms with van der Waals surface area (Å²) >= 11 is 0. The van der Waals surface area contributed by atoms with Gasteiger partial charge in [0.25, 0.3) is 0 Å². The van der Waals surface area contributed by atoms with Crippen LogP contribution < -0.4 is 0 Å². The number of aliphatic hydroxyl groups is 1. The summed E-state index contributed by atoms with van der Waals surface area (Å²) in [6, 6.07) is 0. The Balaban J connectivity index is 3.51. The fraction of sp³-hybridized carbons (Fsp3) is 0.833. The quantitative estimate of drug-likeness (QED) is 0.572. The van der Waals surface area contributed by atoms with Gasteiger partial charge in [0.05, 0.1) is 0 Å². The first kappa shape index (κ1) is 10.6. The van der Waals surface area contributed by atoms with Crippen LogP contribution in [-0.4, -0.2) is 37.9 Å². The third-order valence-corrected chi connectivity index (χ3v) is 2.20. The van der Waals surface area contributed by atoms with Gasteiger partial charge in [-0.2, -0.15) is 0 Å². The van der Waals surface area contributed by atoms with Gasteiger partial charge in [-0.3, -0.25) is 0 Å². The summed E-state index contributed by atoms with van der Waals surface area (Å²) in [5, 5.41) is 8.69. The van der Waals surface area contributed by atoms with E-state index in [1.165, 1.54) is 0 Å². The molecular weight excluding hydrogens is 168 g/mol. The zero-order chi connectivity index (χ0) is 8.91. The van der Waals surface area contributed by atoms with Gasteiger partial charge in [-0.1, -0.05) is 0 Å². The lowest BCUT2D eigenvalue weighted by Crippen LogP contribution is -2.11. The van der Waals surface area contributed by atoms with Gasteiger partial charge >= 0.3 is 0 Å². The molecule has 0 aromatic rings. The van der Waals surface area contributed by atoms with Gasteiger partial charge in [-0.05, 0) is 12.8 Å². The molecule has 0 aliphatic carbocycles. The smallest absolute Gasteiger partial charge is 0.148 e. The summed E-state index contributed by atoms with van der Waals surface area (Å²) in [5.41, 5.74) is 0. The molecule has 1 N–H and O–H groups in total. The summed E-state index contributed by atoms with van der Waals surface area (Å²) in [6.45, 7) is 0. The lowest BCUT2D eigenvalue weighted by molar-refractivity contribution is -0.115. The molecule has 0 fully saturated rings. The van der Waals surface area contributed by atoms with Gasteiger partial charge < -0.3 is 9.90 Å². The Kier molecular flexibility index (Phi) is 4.29. The van der Waals surface area contributed by atoms with E-state index < -0.39 is 15.9 Å². The summed E-state index contributed by atoms with van der Waals surface area (Å²) in [7, 11) is -2.96. The highest BCUT2D eigenvalue weighted by Gasteiger charge is 2.05. The first-order chi connectivity index (χ1) is 4.95. The zero-order valence-electron chi connectivity index (χ0n) is 6.36. The van der Waals surface area contributed by atoms with Gasteiger partial charge in [0, 0.05) is 12.0 Å². The third-order valence-electron chi connectivity index (χ3n) is 1.17. The van der Waals surface area contributed by atoms with Crippen molar-refractivity contribution >= 4 is 16.1 Å². The number of carbonyl (C=O) groups excluding carboxylic acids is 1. The number of hydrogen-bond acceptors (Lipinski definition) is 4. The molecule has 0 aromatic heterocycles. The van der Waals surface area contributed by atoms with Crippen molar-refractivity contribution in [3.05, 3.63) is 0 Å². The molecule has 0 aliphatic heterocycles. The Labute approximate surface area is 66.1 Å². The van der Waals surface area contributed by atoms with Crippen LogP contribution in [-0.2, 0) is 14.6 Å². The normalized spacial score (nSPS) is 14.4. The maximum absolute atomic E-state index is 10.5. The number of hydrogen-bond donors (Lipinski definition) is 1. The average molecular weight is 180 g/mol. The van der Waals surface area contributed by atoms with Gasteiger partial charge in [-0.15, -0.1) is 0 Å². The summed E-state index contributed by atoms with van der Waals surface area (Å²) in [6.07, 6.45) is 1.06. The van der Waals surface area contributed by atoms with Gasteiger partial charge in [0.15, 0.2) is 0 Å². The van der Waals surface area contributed by atoms with Crippen LogP contribution in [0.15, 0.2) is 0 Å². The summed E-state index contributed by atoms with van der Waals surface area (Å²) < 4.78 is 21.1. The zero-order valence-corrected chi connectivity index (χ0v) is 7.17. The monoisotopic (exact) mass is 180 g/mol. The maximum atomic E-state index is 10.5. The first-order valence-corrected chi connectivity index (χ1v) is 5.33. The van der Waals surface area contributed by atoms with Crippen LogP contribution in [0.3, 0.4) is 0 Å². The minimum Gasteiger partial charge on any atom is -0.386 e. The van der Waals surface area contributed by atoms with E-state index in [1.807, 2.05) is 0 Å². The van der Waals surface area contributed by atoms with Crippen molar-refractivity contribution in [2.45, 2.75) is 18.9 Å². The van der Waals surface area contributed by atoms with Crippen molar-refractivity contribution in [2.24, 2.45) is 0 Å². The SMILES string of the molecule is CS(=O)(=O)CCCC(O)C=O. The van der Waals surface area contributed by atoms with Gasteiger partial charge in [0.1, 0.15) is 22.2 Å². The average Bonchev–Trinajstić information content (AvgIpc) is 1.85. The highest BCUT2D eigenvalue weighted by atomic mass is 32.2. The highest BCUT2D eigenvalue weighted by Crippen LogP contribution is 1.97. The number of carbonyl (C=O) groups is 1. The Hall–Kier alpha value is -0.420. The topological polar surface area (TPSA) is 71.4 Å². The van der Waals surface area contributed by atoms with E-state index in [2.05, 4.69) is 0 Å². The van der Waals surface area contributed by atoms with E-state index >= 15 is 0 Å². The number of rotatable bonds is 5. The Morgan fingerprint density at radius 2 is 2.09 bits per heavy atom. The molecule has 0 radical (unpaired) electrons. The lowest BCUT2D eigenvalue weighted by atomic mass is 10.2. The molecule has 0 bridgehead atoms. The molecule has 0 aromatic carbocycles. The minimum atomic E-state index is -2.96. The molecule has 0 spiro atoms. The maximum Gasteiger partial charge on any atom is 0.148 e. The van der Waals surface area contributed by atoms with Gasteiger partial charge in [0.2, 0.25) is 0 Å². The van der Waals surface area contributed by atoms with Crippen molar-refractivity contribution in [3.63, 3.8) is 0 Å². The van der Waals surface area contributed by atoms with Crippen LogP contribution in [0.5, 0.6) is 0 Å². The second kappa shape index (κ2) is 4.46. The molecule has 0 aliphatic rings. The van der Waals surface area contributed by atoms with E-state index in [0.717, 1.165) is 6.26 Å². The van der Waals surface area contributed by atoms with Crippen LogP contribution in [0.4, 0.5) is 0 Å². The fourth-order valence-corrected chi connectivity index (χ4v) is 1.31. The predicted octanol–water partition coefficient (Wildman–Crippen LogP) is -0.629. The number of sulfone groups is 1. The van der Waals surface area contributed by atoms with Crippen molar-refractivity contribution in [2.75, 3.05) is 12.0 Å². The fourth-order valence-electron chi connectivity index (χ4n) is 0.623. The van der Waals surface area contributed by atoms with Crippen molar-refractivity contribution in [1.29, 1.82) is 0 Å².